The fourth-order valence-corrected chi connectivity index (χ4v) is 1.58. The second-order valence-electron chi connectivity index (χ2n) is 5.26. The number of rotatable bonds is 2. The molecule has 1 heterocycles. The van der Waals surface area contributed by atoms with E-state index in [1.807, 2.05) is 26.0 Å². The van der Waals surface area contributed by atoms with Gasteiger partial charge in [0.25, 0.3) is 0 Å². The number of hydrogen-bond acceptors (Lipinski definition) is 1. The van der Waals surface area contributed by atoms with Crippen molar-refractivity contribution in [1.82, 2.24) is 4.98 Å². The molecule has 20 heavy (non-hydrogen) atoms. The van der Waals surface area contributed by atoms with Crippen molar-refractivity contribution in [3.8, 4) is 0 Å². The lowest BCUT2D eigenvalue weighted by molar-refractivity contribution is 0.617. The minimum Gasteiger partial charge on any atom is -0.258 e. The average Bonchev–Trinajstić information content (AvgIpc) is 2.40. The first-order valence-corrected chi connectivity index (χ1v) is 6.77. The molecule has 1 nitrogen and oxygen atoms in total. The summed E-state index contributed by atoms with van der Waals surface area (Å²) in [6.07, 6.45) is 1.25. The van der Waals surface area contributed by atoms with Gasteiger partial charge in [-0.15, -0.1) is 0 Å². The Hall–Kier alpha value is -1.77. The van der Waals surface area contributed by atoms with E-state index >= 15 is 0 Å². The maximum Gasteiger partial charge on any atom is 0.141 e. The number of nitrogens with zero attached hydrogens (tertiary/aromatic N) is 1. The minimum absolute atomic E-state index is 0.163. The fraction of sp³-hybridized carbons (Fsp3) is 0.353. The van der Waals surface area contributed by atoms with Crippen LogP contribution in [0.2, 0.25) is 0 Å². The Labute approximate surface area is 119 Å². The molecule has 0 aliphatic heterocycles. The van der Waals surface area contributed by atoms with Gasteiger partial charge in [-0.05, 0) is 41.7 Å². The van der Waals surface area contributed by atoms with Crippen molar-refractivity contribution in [3.63, 3.8) is 0 Å². The Bertz CT molecular complexity index is 452. The van der Waals surface area contributed by atoms with Crippen LogP contribution in [0.5, 0.6) is 0 Å². The molecule has 0 aliphatic carbocycles. The zero-order valence-corrected chi connectivity index (χ0v) is 12.4. The molecule has 2 rings (SSSR count). The summed E-state index contributed by atoms with van der Waals surface area (Å²) in [6, 6.07) is 9.77. The van der Waals surface area contributed by atoms with Crippen molar-refractivity contribution in [3.05, 3.63) is 65.5 Å². The van der Waals surface area contributed by atoms with E-state index in [4.69, 9.17) is 0 Å². The standard InChI is InChI=1S/C9H11F.C8H10FN/c1-7(2)8-3-5-9(10)6-4-8;1-6(2)8-4-3-7(9)5-10-8/h3-7H,1-2H3;3-6H,1-2H3. The molecule has 1 aromatic heterocycles. The molecule has 108 valence electrons. The number of benzene rings is 1. The Balaban J connectivity index is 0.000000200. The van der Waals surface area contributed by atoms with Gasteiger partial charge in [0, 0.05) is 5.69 Å². The molecule has 0 aliphatic rings. The quantitative estimate of drug-likeness (QED) is 0.726. The Morgan fingerprint density at radius 1 is 0.750 bits per heavy atom. The van der Waals surface area contributed by atoms with Gasteiger partial charge in [-0.25, -0.2) is 8.78 Å². The largest absolute Gasteiger partial charge is 0.258 e. The van der Waals surface area contributed by atoms with E-state index in [0.717, 1.165) is 5.69 Å². The highest BCUT2D eigenvalue weighted by atomic mass is 19.1. The minimum atomic E-state index is -0.274. The van der Waals surface area contributed by atoms with Gasteiger partial charge >= 0.3 is 0 Å². The highest BCUT2D eigenvalue weighted by molar-refractivity contribution is 5.18. The summed E-state index contributed by atoms with van der Waals surface area (Å²) in [6.45, 7) is 8.24. The average molecular weight is 277 g/mol. The van der Waals surface area contributed by atoms with Crippen molar-refractivity contribution < 1.29 is 8.78 Å². The van der Waals surface area contributed by atoms with Crippen molar-refractivity contribution in [2.45, 2.75) is 39.5 Å². The third-order valence-electron chi connectivity index (χ3n) is 2.88. The van der Waals surface area contributed by atoms with Gasteiger partial charge in [0.15, 0.2) is 0 Å². The molecule has 0 spiro atoms. The van der Waals surface area contributed by atoms with E-state index in [0.29, 0.717) is 11.8 Å². The molecular formula is C17H21F2N. The van der Waals surface area contributed by atoms with Crippen LogP contribution in [-0.2, 0) is 0 Å². The second-order valence-corrected chi connectivity index (χ2v) is 5.26. The Morgan fingerprint density at radius 3 is 1.70 bits per heavy atom. The molecule has 0 bridgehead atoms. The lowest BCUT2D eigenvalue weighted by Gasteiger charge is -2.02. The number of halogens is 2. The zero-order chi connectivity index (χ0) is 15.1. The van der Waals surface area contributed by atoms with Crippen molar-refractivity contribution in [2.75, 3.05) is 0 Å². The highest BCUT2D eigenvalue weighted by Crippen LogP contribution is 2.13. The summed E-state index contributed by atoms with van der Waals surface area (Å²) in [7, 11) is 0. The van der Waals surface area contributed by atoms with E-state index < -0.39 is 0 Å². The first kappa shape index (κ1) is 16.3. The number of pyridine rings is 1. The predicted molar refractivity (Wildman–Crippen MR) is 78.8 cm³/mol. The van der Waals surface area contributed by atoms with Gasteiger partial charge in [-0.1, -0.05) is 39.8 Å². The topological polar surface area (TPSA) is 12.9 Å². The van der Waals surface area contributed by atoms with Crippen LogP contribution in [0.3, 0.4) is 0 Å². The van der Waals surface area contributed by atoms with Gasteiger partial charge < -0.3 is 0 Å². The summed E-state index contributed by atoms with van der Waals surface area (Å²) in [5, 5.41) is 0. The summed E-state index contributed by atoms with van der Waals surface area (Å²) >= 11 is 0. The predicted octanol–water partition coefficient (Wildman–Crippen LogP) is 5.29. The van der Waals surface area contributed by atoms with Crippen LogP contribution in [0, 0.1) is 11.6 Å². The van der Waals surface area contributed by atoms with Crippen LogP contribution in [0.1, 0.15) is 50.8 Å². The normalized spacial score (nSPS) is 10.4. The molecule has 0 radical (unpaired) electrons. The first-order valence-electron chi connectivity index (χ1n) is 6.77. The summed E-state index contributed by atoms with van der Waals surface area (Å²) in [4.78, 5) is 3.90. The zero-order valence-electron chi connectivity index (χ0n) is 12.4. The molecule has 1 aromatic carbocycles. The maximum atomic E-state index is 12.4. The van der Waals surface area contributed by atoms with Crippen LogP contribution in [0.25, 0.3) is 0 Å². The highest BCUT2D eigenvalue weighted by Gasteiger charge is 1.98. The van der Waals surface area contributed by atoms with E-state index in [1.54, 1.807) is 6.07 Å². The molecule has 0 N–H and O–H groups in total. The van der Waals surface area contributed by atoms with Crippen LogP contribution in [0.4, 0.5) is 8.78 Å². The smallest absolute Gasteiger partial charge is 0.141 e. The van der Waals surface area contributed by atoms with Crippen molar-refractivity contribution in [2.24, 2.45) is 0 Å². The fourth-order valence-electron chi connectivity index (χ4n) is 1.58. The number of aromatic nitrogens is 1. The second kappa shape index (κ2) is 7.73. The number of hydrogen-bond donors (Lipinski definition) is 0. The lowest BCUT2D eigenvalue weighted by Crippen LogP contribution is -1.91. The molecular weight excluding hydrogens is 256 g/mol. The SMILES string of the molecule is CC(C)c1ccc(F)cc1.CC(C)c1ccc(F)cn1. The monoisotopic (exact) mass is 277 g/mol. The van der Waals surface area contributed by atoms with Crippen molar-refractivity contribution >= 4 is 0 Å². The van der Waals surface area contributed by atoms with Crippen LogP contribution < -0.4 is 0 Å². The summed E-state index contributed by atoms with van der Waals surface area (Å²) < 4.78 is 24.6. The van der Waals surface area contributed by atoms with Gasteiger partial charge in [0.2, 0.25) is 0 Å². The molecule has 0 saturated heterocycles. The van der Waals surface area contributed by atoms with Gasteiger partial charge in [0.1, 0.15) is 11.6 Å². The molecule has 0 fully saturated rings. The summed E-state index contributed by atoms with van der Waals surface area (Å²) in [5.41, 5.74) is 2.11. The van der Waals surface area contributed by atoms with E-state index in [1.165, 1.54) is 30.0 Å². The first-order chi connectivity index (χ1) is 9.40. The third-order valence-corrected chi connectivity index (χ3v) is 2.88. The third kappa shape index (κ3) is 5.47. The molecule has 3 heteroatoms. The Morgan fingerprint density at radius 2 is 1.30 bits per heavy atom. The lowest BCUT2D eigenvalue weighted by atomic mass is 10.0. The van der Waals surface area contributed by atoms with Crippen LogP contribution in [-0.4, -0.2) is 4.98 Å². The van der Waals surface area contributed by atoms with Gasteiger partial charge in [0.05, 0.1) is 6.20 Å². The molecule has 0 unspecified atom stereocenters. The van der Waals surface area contributed by atoms with Crippen LogP contribution in [0.15, 0.2) is 42.6 Å². The molecule has 2 aromatic rings. The Kier molecular flexibility index (Phi) is 6.29. The van der Waals surface area contributed by atoms with Crippen LogP contribution >= 0.6 is 0 Å². The van der Waals surface area contributed by atoms with Crippen molar-refractivity contribution in [1.29, 1.82) is 0 Å². The molecule has 0 saturated carbocycles. The van der Waals surface area contributed by atoms with E-state index in [9.17, 15) is 8.78 Å². The van der Waals surface area contributed by atoms with Gasteiger partial charge in [-0.2, -0.15) is 0 Å². The maximum absolute atomic E-state index is 12.4. The summed E-state index contributed by atoms with van der Waals surface area (Å²) in [5.74, 6) is 0.426. The van der Waals surface area contributed by atoms with E-state index in [2.05, 4.69) is 18.8 Å². The van der Waals surface area contributed by atoms with Gasteiger partial charge in [-0.3, -0.25) is 4.98 Å². The molecule has 0 atom stereocenters. The van der Waals surface area contributed by atoms with E-state index in [-0.39, 0.29) is 11.6 Å². The molecule has 0 amide bonds.